The fourth-order valence-corrected chi connectivity index (χ4v) is 5.80. The first-order valence-electron chi connectivity index (χ1n) is 11.4. The van der Waals surface area contributed by atoms with Crippen molar-refractivity contribution < 1.29 is 35.1 Å². The number of anilines is 1. The van der Waals surface area contributed by atoms with Crippen LogP contribution >= 0.6 is 0 Å². The molecule has 0 radical (unpaired) electrons. The second kappa shape index (κ2) is 10.8. The molecule has 3 rings (SSSR count). The predicted molar refractivity (Wildman–Crippen MR) is 139 cm³/mol. The van der Waals surface area contributed by atoms with E-state index in [1.165, 1.54) is 48.5 Å². The number of halogens is 3. The minimum Gasteiger partial charge on any atom is -0.366 e. The molecule has 0 spiro atoms. The number of benzene rings is 3. The molecular formula is C27H26F3NO5S2. The van der Waals surface area contributed by atoms with Crippen LogP contribution in [0.3, 0.4) is 0 Å². The van der Waals surface area contributed by atoms with Gasteiger partial charge in [0, 0.05) is 23.9 Å². The zero-order valence-corrected chi connectivity index (χ0v) is 22.4. The molecule has 0 amide bonds. The molecule has 11 heteroatoms. The minimum atomic E-state index is -5.19. The number of aliphatic hydroxyl groups is 1. The topological polar surface area (TPSA) is 91.8 Å². The number of hydrogen-bond acceptors (Lipinski definition) is 5. The first kappa shape index (κ1) is 29.2. The van der Waals surface area contributed by atoms with Gasteiger partial charge in [-0.3, -0.25) is 4.31 Å². The maximum absolute atomic E-state index is 14.0. The van der Waals surface area contributed by atoms with E-state index in [0.29, 0.717) is 0 Å². The highest BCUT2D eigenvalue weighted by atomic mass is 32.2. The van der Waals surface area contributed by atoms with Crippen molar-refractivity contribution in [3.8, 4) is 11.8 Å². The van der Waals surface area contributed by atoms with Gasteiger partial charge in [-0.2, -0.15) is 13.2 Å². The van der Waals surface area contributed by atoms with E-state index < -0.39 is 37.2 Å². The van der Waals surface area contributed by atoms with Crippen molar-refractivity contribution >= 4 is 25.5 Å². The molecule has 0 heterocycles. The summed E-state index contributed by atoms with van der Waals surface area (Å²) < 4.78 is 92.9. The van der Waals surface area contributed by atoms with Crippen LogP contribution in [0.2, 0.25) is 0 Å². The monoisotopic (exact) mass is 565 g/mol. The molecule has 1 unspecified atom stereocenters. The summed E-state index contributed by atoms with van der Waals surface area (Å²) >= 11 is 0. The fraction of sp³-hybridized carbons (Fsp3) is 0.259. The highest BCUT2D eigenvalue weighted by Crippen LogP contribution is 2.39. The SMILES string of the molecule is CC(C)CN(c1ccc(C(O)(C#Cc2ccc(S(C)(=O)=O)cc2)C(F)(F)F)cc1)S(=O)(=O)c1ccccc1. The highest BCUT2D eigenvalue weighted by Gasteiger charge is 2.54. The number of sulfone groups is 1. The Hall–Kier alpha value is -3.33. The summed E-state index contributed by atoms with van der Waals surface area (Å²) in [5.74, 6) is 4.02. The zero-order chi connectivity index (χ0) is 28.4. The van der Waals surface area contributed by atoms with Crippen molar-refractivity contribution in [2.45, 2.75) is 35.4 Å². The normalized spacial score (nSPS) is 13.9. The highest BCUT2D eigenvalue weighted by molar-refractivity contribution is 7.92. The molecule has 0 aromatic heterocycles. The molecule has 38 heavy (non-hydrogen) atoms. The standard InChI is InChI=1S/C27H26F3NO5S2/c1-20(2)19-31(38(35,36)25-7-5-4-6-8-25)23-13-11-22(12-14-23)26(32,27(28,29)30)18-17-21-9-15-24(16-10-21)37(3,33)34/h4-16,20,32H,19H2,1-3H3. The number of nitrogens with zero attached hydrogens (tertiary/aromatic N) is 1. The van der Waals surface area contributed by atoms with E-state index in [2.05, 4.69) is 5.92 Å². The van der Waals surface area contributed by atoms with Crippen molar-refractivity contribution in [1.29, 1.82) is 0 Å². The van der Waals surface area contributed by atoms with E-state index in [1.54, 1.807) is 18.2 Å². The summed E-state index contributed by atoms with van der Waals surface area (Å²) in [4.78, 5) is 0.00501. The Bertz CT molecular complexity index is 1540. The van der Waals surface area contributed by atoms with Crippen molar-refractivity contribution in [3.05, 3.63) is 90.0 Å². The van der Waals surface area contributed by atoms with E-state index in [9.17, 15) is 35.1 Å². The lowest BCUT2D eigenvalue weighted by Crippen LogP contribution is -2.41. The molecule has 202 valence electrons. The van der Waals surface area contributed by atoms with Crippen molar-refractivity contribution in [3.63, 3.8) is 0 Å². The Morgan fingerprint density at radius 2 is 1.39 bits per heavy atom. The van der Waals surface area contributed by atoms with Gasteiger partial charge in [0.15, 0.2) is 9.84 Å². The third-order valence-corrected chi connectivity index (χ3v) is 8.45. The van der Waals surface area contributed by atoms with Gasteiger partial charge in [-0.15, -0.1) is 0 Å². The molecule has 3 aromatic carbocycles. The quantitative estimate of drug-likeness (QED) is 0.418. The van der Waals surface area contributed by atoms with Crippen LogP contribution in [0, 0.1) is 17.8 Å². The van der Waals surface area contributed by atoms with Crippen molar-refractivity contribution in [1.82, 2.24) is 0 Å². The van der Waals surface area contributed by atoms with E-state index >= 15 is 0 Å². The van der Waals surface area contributed by atoms with Gasteiger partial charge >= 0.3 is 6.18 Å². The van der Waals surface area contributed by atoms with Crippen LogP contribution in [-0.2, 0) is 25.5 Å². The van der Waals surface area contributed by atoms with Crippen molar-refractivity contribution in [2.75, 3.05) is 17.1 Å². The van der Waals surface area contributed by atoms with E-state index in [-0.39, 0.29) is 33.5 Å². The molecular weight excluding hydrogens is 539 g/mol. The Kier molecular flexibility index (Phi) is 8.31. The fourth-order valence-electron chi connectivity index (χ4n) is 3.52. The molecule has 0 aliphatic rings. The number of hydrogen-bond donors (Lipinski definition) is 1. The van der Waals surface area contributed by atoms with Gasteiger partial charge in [0.2, 0.25) is 5.60 Å². The first-order chi connectivity index (χ1) is 17.6. The Labute approximate surface area is 220 Å². The first-order valence-corrected chi connectivity index (χ1v) is 14.7. The third-order valence-electron chi connectivity index (χ3n) is 5.52. The van der Waals surface area contributed by atoms with E-state index in [4.69, 9.17) is 0 Å². The van der Waals surface area contributed by atoms with Crippen LogP contribution in [0.25, 0.3) is 0 Å². The van der Waals surface area contributed by atoms with Gasteiger partial charge in [0.25, 0.3) is 10.0 Å². The molecule has 0 bridgehead atoms. The van der Waals surface area contributed by atoms with Gasteiger partial charge in [-0.25, -0.2) is 16.8 Å². The number of rotatable bonds is 7. The second-order valence-corrected chi connectivity index (χ2v) is 12.9. The van der Waals surface area contributed by atoms with Crippen LogP contribution in [0.5, 0.6) is 0 Å². The summed E-state index contributed by atoms with van der Waals surface area (Å²) in [5.41, 5.74) is -3.98. The van der Waals surface area contributed by atoms with Crippen LogP contribution in [0.1, 0.15) is 25.0 Å². The molecule has 0 fully saturated rings. The Morgan fingerprint density at radius 3 is 1.87 bits per heavy atom. The minimum absolute atomic E-state index is 0.0267. The molecule has 1 atom stereocenters. The van der Waals surface area contributed by atoms with Crippen LogP contribution in [-0.4, -0.2) is 40.9 Å². The predicted octanol–water partition coefficient (Wildman–Crippen LogP) is 4.74. The van der Waals surface area contributed by atoms with Gasteiger partial charge in [0.1, 0.15) is 0 Å². The van der Waals surface area contributed by atoms with Gasteiger partial charge < -0.3 is 5.11 Å². The number of alkyl halides is 3. The second-order valence-electron chi connectivity index (χ2n) is 9.04. The van der Waals surface area contributed by atoms with Crippen LogP contribution in [0.15, 0.2) is 88.7 Å². The van der Waals surface area contributed by atoms with Crippen LogP contribution in [0.4, 0.5) is 18.9 Å². The Balaban J connectivity index is 2.02. The van der Waals surface area contributed by atoms with Gasteiger partial charge in [0.05, 0.1) is 15.5 Å². The summed E-state index contributed by atoms with van der Waals surface area (Å²) in [7, 11) is -7.51. The van der Waals surface area contributed by atoms with Crippen molar-refractivity contribution in [2.24, 2.45) is 5.92 Å². The number of sulfonamides is 1. The lowest BCUT2D eigenvalue weighted by atomic mass is 9.93. The maximum Gasteiger partial charge on any atom is 0.433 e. The average molecular weight is 566 g/mol. The summed E-state index contributed by atoms with van der Waals surface area (Å²) in [6.45, 7) is 3.69. The lowest BCUT2D eigenvalue weighted by Gasteiger charge is -2.28. The lowest BCUT2D eigenvalue weighted by molar-refractivity contribution is -0.240. The van der Waals surface area contributed by atoms with E-state index in [0.717, 1.165) is 22.7 Å². The molecule has 3 aromatic rings. The maximum atomic E-state index is 14.0. The summed E-state index contributed by atoms with van der Waals surface area (Å²) in [5, 5.41) is 10.7. The smallest absolute Gasteiger partial charge is 0.366 e. The third kappa shape index (κ3) is 6.38. The average Bonchev–Trinajstić information content (AvgIpc) is 2.85. The van der Waals surface area contributed by atoms with Crippen LogP contribution < -0.4 is 4.31 Å². The van der Waals surface area contributed by atoms with Gasteiger partial charge in [-0.1, -0.05) is 50.1 Å². The molecule has 0 saturated carbocycles. The molecule has 0 saturated heterocycles. The molecule has 1 N–H and O–H groups in total. The molecule has 6 nitrogen and oxygen atoms in total. The largest absolute Gasteiger partial charge is 0.433 e. The van der Waals surface area contributed by atoms with E-state index in [1.807, 2.05) is 19.8 Å². The molecule has 0 aliphatic carbocycles. The molecule has 0 aliphatic heterocycles. The summed E-state index contributed by atoms with van der Waals surface area (Å²) in [6.07, 6.45) is -4.20. The van der Waals surface area contributed by atoms with Gasteiger partial charge in [-0.05, 0) is 60.4 Å². The Morgan fingerprint density at radius 1 is 0.842 bits per heavy atom. The zero-order valence-electron chi connectivity index (χ0n) is 20.8. The summed E-state index contributed by atoms with van der Waals surface area (Å²) in [6, 6.07) is 16.9.